The predicted octanol–water partition coefficient (Wildman–Crippen LogP) is 2.11. The van der Waals surface area contributed by atoms with Crippen LogP contribution in [0.3, 0.4) is 0 Å². The molecule has 0 aliphatic heterocycles. The molecule has 1 aromatic heterocycles. The van der Waals surface area contributed by atoms with Gasteiger partial charge in [-0.25, -0.2) is 0 Å². The largest absolute Gasteiger partial charge is 0.468 e. The first kappa shape index (κ1) is 14.0. The molecule has 0 saturated heterocycles. The fraction of sp³-hybridized carbons (Fsp3) is 0.231. The number of hydrazine groups is 1. The molecule has 0 radical (unpaired) electrons. The Morgan fingerprint density at radius 2 is 2.15 bits per heavy atom. The lowest BCUT2D eigenvalue weighted by Gasteiger charge is -2.17. The Morgan fingerprint density at radius 1 is 1.35 bits per heavy atom. The molecule has 0 unspecified atom stereocenters. The van der Waals surface area contributed by atoms with Gasteiger partial charge in [0.2, 0.25) is 0 Å². The van der Waals surface area contributed by atoms with Gasteiger partial charge < -0.3 is 9.84 Å². The van der Waals surface area contributed by atoms with Crippen LogP contribution in [0.15, 0.2) is 41.0 Å². The number of para-hydroxylation sites is 1. The molecule has 7 heteroatoms. The maximum absolute atomic E-state index is 11.0. The van der Waals surface area contributed by atoms with E-state index in [1.54, 1.807) is 18.4 Å². The first-order chi connectivity index (χ1) is 9.61. The van der Waals surface area contributed by atoms with E-state index < -0.39 is 4.92 Å². The summed E-state index contributed by atoms with van der Waals surface area (Å²) >= 11 is 0. The van der Waals surface area contributed by atoms with Crippen LogP contribution in [0.5, 0.6) is 0 Å². The van der Waals surface area contributed by atoms with Crippen LogP contribution in [0.25, 0.3) is 0 Å². The summed E-state index contributed by atoms with van der Waals surface area (Å²) in [4.78, 5) is 12.5. The first-order valence-electron chi connectivity index (χ1n) is 6.05. The van der Waals surface area contributed by atoms with Crippen molar-refractivity contribution < 1.29 is 9.34 Å². The van der Waals surface area contributed by atoms with E-state index in [0.717, 1.165) is 11.3 Å². The minimum absolute atomic E-state index is 0.0311. The SMILES string of the molecule is CN(Cc1ccco1)Cc1cccc([N+](=O)[O-])c1NN. The van der Waals surface area contributed by atoms with E-state index in [9.17, 15) is 10.1 Å². The summed E-state index contributed by atoms with van der Waals surface area (Å²) in [6, 6.07) is 8.58. The molecule has 0 aliphatic rings. The third kappa shape index (κ3) is 3.14. The Bertz CT molecular complexity index is 583. The number of benzene rings is 1. The number of nitrogens with one attached hydrogen (secondary N) is 1. The second-order valence-electron chi connectivity index (χ2n) is 4.46. The van der Waals surface area contributed by atoms with Crippen molar-refractivity contribution in [3.8, 4) is 0 Å². The molecule has 7 nitrogen and oxygen atoms in total. The number of anilines is 1. The third-order valence-electron chi connectivity index (χ3n) is 2.92. The molecule has 2 aromatic rings. The van der Waals surface area contributed by atoms with E-state index in [1.165, 1.54) is 6.07 Å². The Kier molecular flexibility index (Phi) is 4.34. The number of nitro benzene ring substituents is 1. The number of nitro groups is 1. The molecular formula is C13H16N4O3. The highest BCUT2D eigenvalue weighted by Gasteiger charge is 2.17. The summed E-state index contributed by atoms with van der Waals surface area (Å²) in [7, 11) is 1.90. The minimum Gasteiger partial charge on any atom is -0.468 e. The van der Waals surface area contributed by atoms with Gasteiger partial charge in [0.15, 0.2) is 0 Å². The Balaban J connectivity index is 2.16. The van der Waals surface area contributed by atoms with Gasteiger partial charge in [0.05, 0.1) is 17.7 Å². The fourth-order valence-corrected chi connectivity index (χ4v) is 2.05. The number of nitrogen functional groups attached to an aromatic ring is 1. The number of rotatable bonds is 6. The molecular weight excluding hydrogens is 260 g/mol. The summed E-state index contributed by atoms with van der Waals surface area (Å²) in [6.45, 7) is 1.13. The zero-order valence-electron chi connectivity index (χ0n) is 11.1. The van der Waals surface area contributed by atoms with Crippen LogP contribution in [0, 0.1) is 10.1 Å². The summed E-state index contributed by atoms with van der Waals surface area (Å²) in [6.07, 6.45) is 1.61. The van der Waals surface area contributed by atoms with Crippen molar-refractivity contribution in [3.63, 3.8) is 0 Å². The molecule has 106 valence electrons. The smallest absolute Gasteiger partial charge is 0.293 e. The van der Waals surface area contributed by atoms with E-state index in [-0.39, 0.29) is 5.69 Å². The number of hydrogen-bond acceptors (Lipinski definition) is 6. The number of nitrogens with two attached hydrogens (primary N) is 1. The lowest BCUT2D eigenvalue weighted by molar-refractivity contribution is -0.384. The van der Waals surface area contributed by atoms with E-state index in [0.29, 0.717) is 18.8 Å². The zero-order chi connectivity index (χ0) is 14.5. The van der Waals surface area contributed by atoms with Crippen LogP contribution in [0.1, 0.15) is 11.3 Å². The molecule has 2 rings (SSSR count). The van der Waals surface area contributed by atoms with E-state index in [4.69, 9.17) is 10.3 Å². The van der Waals surface area contributed by atoms with Crippen molar-refractivity contribution in [2.45, 2.75) is 13.1 Å². The quantitative estimate of drug-likeness (QED) is 0.476. The van der Waals surface area contributed by atoms with E-state index in [2.05, 4.69) is 5.43 Å². The Morgan fingerprint density at radius 3 is 2.75 bits per heavy atom. The van der Waals surface area contributed by atoms with Crippen molar-refractivity contribution in [2.75, 3.05) is 12.5 Å². The average molecular weight is 276 g/mol. The first-order valence-corrected chi connectivity index (χ1v) is 6.05. The van der Waals surface area contributed by atoms with Gasteiger partial charge >= 0.3 is 0 Å². The monoisotopic (exact) mass is 276 g/mol. The Labute approximate surface area is 116 Å². The van der Waals surface area contributed by atoms with Gasteiger partial charge in [-0.05, 0) is 24.7 Å². The molecule has 0 atom stereocenters. The summed E-state index contributed by atoms with van der Waals surface area (Å²) < 4.78 is 5.27. The van der Waals surface area contributed by atoms with E-state index in [1.807, 2.05) is 24.1 Å². The maximum Gasteiger partial charge on any atom is 0.293 e. The van der Waals surface area contributed by atoms with Gasteiger partial charge in [0.25, 0.3) is 5.69 Å². The van der Waals surface area contributed by atoms with Crippen LogP contribution in [0.2, 0.25) is 0 Å². The van der Waals surface area contributed by atoms with Gasteiger partial charge in [-0.2, -0.15) is 0 Å². The van der Waals surface area contributed by atoms with Crippen LogP contribution in [0.4, 0.5) is 11.4 Å². The molecule has 0 fully saturated rings. The van der Waals surface area contributed by atoms with Crippen molar-refractivity contribution >= 4 is 11.4 Å². The number of nitrogens with zero attached hydrogens (tertiary/aromatic N) is 2. The Hall–Kier alpha value is -2.38. The molecule has 0 bridgehead atoms. The second-order valence-corrected chi connectivity index (χ2v) is 4.46. The molecule has 0 spiro atoms. The molecule has 1 heterocycles. The normalized spacial score (nSPS) is 10.8. The summed E-state index contributed by atoms with van der Waals surface area (Å²) in [5.41, 5.74) is 3.48. The van der Waals surface area contributed by atoms with E-state index >= 15 is 0 Å². The van der Waals surface area contributed by atoms with Gasteiger partial charge in [0.1, 0.15) is 11.4 Å². The van der Waals surface area contributed by atoms with Crippen molar-refractivity contribution in [1.82, 2.24) is 4.90 Å². The van der Waals surface area contributed by atoms with Crippen molar-refractivity contribution in [2.24, 2.45) is 5.84 Å². The minimum atomic E-state index is -0.453. The number of hydrogen-bond donors (Lipinski definition) is 2. The van der Waals surface area contributed by atoms with Crippen LogP contribution in [-0.4, -0.2) is 16.9 Å². The van der Waals surface area contributed by atoms with Gasteiger partial charge in [-0.3, -0.25) is 20.9 Å². The highest BCUT2D eigenvalue weighted by atomic mass is 16.6. The standard InChI is InChI=1S/C13H16N4O3/c1-16(9-11-5-3-7-20-11)8-10-4-2-6-12(17(18)19)13(10)15-14/h2-7,15H,8-9,14H2,1H3. The van der Waals surface area contributed by atoms with Gasteiger partial charge in [-0.1, -0.05) is 12.1 Å². The van der Waals surface area contributed by atoms with Gasteiger partial charge in [0, 0.05) is 12.6 Å². The summed E-state index contributed by atoms with van der Waals surface area (Å²) in [5, 5.41) is 11.0. The number of furan rings is 1. The van der Waals surface area contributed by atoms with Gasteiger partial charge in [-0.15, -0.1) is 0 Å². The summed E-state index contributed by atoms with van der Waals surface area (Å²) in [5.74, 6) is 6.24. The molecule has 20 heavy (non-hydrogen) atoms. The molecule has 3 N–H and O–H groups in total. The lowest BCUT2D eigenvalue weighted by Crippen LogP contribution is -2.19. The van der Waals surface area contributed by atoms with Crippen LogP contribution < -0.4 is 11.3 Å². The zero-order valence-corrected chi connectivity index (χ0v) is 11.1. The molecule has 1 aromatic carbocycles. The van der Waals surface area contributed by atoms with Crippen LogP contribution >= 0.6 is 0 Å². The molecule has 0 aliphatic carbocycles. The van der Waals surface area contributed by atoms with Crippen LogP contribution in [-0.2, 0) is 13.1 Å². The average Bonchev–Trinajstić information content (AvgIpc) is 2.91. The third-order valence-corrected chi connectivity index (χ3v) is 2.92. The van der Waals surface area contributed by atoms with Crippen molar-refractivity contribution in [1.29, 1.82) is 0 Å². The lowest BCUT2D eigenvalue weighted by atomic mass is 10.1. The highest BCUT2D eigenvalue weighted by Crippen LogP contribution is 2.28. The highest BCUT2D eigenvalue weighted by molar-refractivity contribution is 5.65. The second kappa shape index (κ2) is 6.18. The molecule has 0 saturated carbocycles. The fourth-order valence-electron chi connectivity index (χ4n) is 2.05. The van der Waals surface area contributed by atoms with Crippen molar-refractivity contribution in [3.05, 3.63) is 58.0 Å². The topological polar surface area (TPSA) is 97.6 Å². The molecule has 0 amide bonds. The maximum atomic E-state index is 11.0. The predicted molar refractivity (Wildman–Crippen MR) is 74.8 cm³/mol.